The Morgan fingerprint density at radius 1 is 0.609 bits per heavy atom. The van der Waals surface area contributed by atoms with Crippen LogP contribution in [0.2, 0.25) is 0 Å². The lowest BCUT2D eigenvalue weighted by Crippen LogP contribution is -2.35. The van der Waals surface area contributed by atoms with Crippen LogP contribution in [0, 0.1) is 46.5 Å². The zero-order chi connectivity index (χ0) is 49.6. The lowest BCUT2D eigenvalue weighted by atomic mass is 9.95. The van der Waals surface area contributed by atoms with Gasteiger partial charge in [0.2, 0.25) is 0 Å². The highest BCUT2D eigenvalue weighted by Gasteiger charge is 2.31. The summed E-state index contributed by atoms with van der Waals surface area (Å²) in [6.45, 7) is 3.48. The van der Waals surface area contributed by atoms with Gasteiger partial charge in [0, 0.05) is 40.3 Å². The van der Waals surface area contributed by atoms with Gasteiger partial charge in [-0.3, -0.25) is 4.90 Å². The number of fused-ring (bicyclic) bond motifs is 2. The van der Waals surface area contributed by atoms with Gasteiger partial charge < -0.3 is 19.8 Å². The van der Waals surface area contributed by atoms with Crippen LogP contribution < -0.4 is 0 Å². The van der Waals surface area contributed by atoms with Gasteiger partial charge in [0.1, 0.15) is 22.1 Å². The standard InChI is InChI=1S/C25H20F4N4O3.C23H18F4N4O2/c1-32-30-17-11-15(10-16(25(34)35)24(17)31-32)19-22(28)20(26)18(21(27)23(19)29)14-4-2-3-13(9-14)12-33-5-7-36-8-6-33;1-30(2)10-11-5-4-6-12(7-11)16-18(24)20(26)17(21(27)19(16)25)13-8-14(23(32)33)22-15(9-13)28-29-31(22)3/h2-4,9-11H,5-8,12H2,1H3,(H,34,35);4-9H,10H2,1-3H3,(H,32,33). The fourth-order valence-corrected chi connectivity index (χ4v) is 8.24. The number of hydrogen-bond acceptors (Lipinski definition) is 9. The van der Waals surface area contributed by atoms with Gasteiger partial charge in [-0.15, -0.1) is 5.10 Å². The van der Waals surface area contributed by atoms with Crippen LogP contribution in [0.15, 0.2) is 72.8 Å². The van der Waals surface area contributed by atoms with Gasteiger partial charge in [-0.2, -0.15) is 15.0 Å². The Morgan fingerprint density at radius 2 is 1.07 bits per heavy atom. The number of ether oxygens (including phenoxy) is 1. The topological polar surface area (TPSA) is 152 Å². The molecule has 2 N–H and O–H groups in total. The molecule has 13 nitrogen and oxygen atoms in total. The minimum atomic E-state index is -1.64. The molecule has 3 heterocycles. The van der Waals surface area contributed by atoms with Gasteiger partial charge in [-0.05, 0) is 83.9 Å². The van der Waals surface area contributed by atoms with Crippen molar-refractivity contribution in [3.63, 3.8) is 0 Å². The number of hydrogen-bond donors (Lipinski definition) is 2. The van der Waals surface area contributed by atoms with Crippen molar-refractivity contribution in [2.75, 3.05) is 40.4 Å². The number of carboxylic acids is 2. The van der Waals surface area contributed by atoms with Crippen LogP contribution in [0.5, 0.6) is 0 Å². The molecule has 6 aromatic carbocycles. The van der Waals surface area contributed by atoms with Crippen molar-refractivity contribution in [3.8, 4) is 44.5 Å². The van der Waals surface area contributed by atoms with Crippen LogP contribution in [0.4, 0.5) is 35.1 Å². The summed E-state index contributed by atoms with van der Waals surface area (Å²) in [6.07, 6.45) is 0. The highest BCUT2D eigenvalue weighted by atomic mass is 19.2. The first-order chi connectivity index (χ1) is 32.8. The highest BCUT2D eigenvalue weighted by molar-refractivity contribution is 6.04. The van der Waals surface area contributed by atoms with E-state index in [4.69, 9.17) is 4.74 Å². The summed E-state index contributed by atoms with van der Waals surface area (Å²) in [5, 5.41) is 34.4. The summed E-state index contributed by atoms with van der Waals surface area (Å²) in [6, 6.07) is 16.4. The van der Waals surface area contributed by atoms with E-state index in [0.717, 1.165) is 34.6 Å². The lowest BCUT2D eigenvalue weighted by Gasteiger charge is -2.26. The normalized spacial score (nSPS) is 13.1. The zero-order valence-corrected chi connectivity index (χ0v) is 36.9. The molecule has 21 heteroatoms. The molecule has 356 valence electrons. The minimum absolute atomic E-state index is 0.00640. The Balaban J connectivity index is 0.000000187. The molecule has 0 saturated carbocycles. The van der Waals surface area contributed by atoms with E-state index >= 15 is 35.1 Å². The number of nitrogens with zero attached hydrogens (tertiary/aromatic N) is 8. The van der Waals surface area contributed by atoms with Gasteiger partial charge in [-0.1, -0.05) is 41.6 Å². The number of rotatable bonds is 10. The van der Waals surface area contributed by atoms with Crippen LogP contribution in [-0.2, 0) is 31.9 Å². The third kappa shape index (κ3) is 9.22. The van der Waals surface area contributed by atoms with E-state index < -0.39 is 86.3 Å². The maximum atomic E-state index is 15.3. The second-order valence-corrected chi connectivity index (χ2v) is 16.3. The van der Waals surface area contributed by atoms with E-state index in [1.807, 2.05) is 4.90 Å². The number of aromatic nitrogens is 6. The monoisotopic (exact) mass is 958 g/mol. The Bertz CT molecular complexity index is 3300. The van der Waals surface area contributed by atoms with Crippen LogP contribution >= 0.6 is 0 Å². The molecule has 0 spiro atoms. The van der Waals surface area contributed by atoms with Gasteiger partial charge in [0.15, 0.2) is 46.5 Å². The van der Waals surface area contributed by atoms with Crippen molar-refractivity contribution >= 4 is 34.0 Å². The molecule has 0 aliphatic carbocycles. The minimum Gasteiger partial charge on any atom is -0.478 e. The number of aryl methyl sites for hydroxylation is 2. The van der Waals surface area contributed by atoms with Gasteiger partial charge >= 0.3 is 11.9 Å². The average Bonchev–Trinajstić information content (AvgIpc) is 3.88. The predicted molar refractivity (Wildman–Crippen MR) is 236 cm³/mol. The van der Waals surface area contributed by atoms with Crippen molar-refractivity contribution < 1.29 is 59.7 Å². The van der Waals surface area contributed by atoms with E-state index in [-0.39, 0.29) is 49.9 Å². The van der Waals surface area contributed by atoms with Crippen molar-refractivity contribution in [1.82, 2.24) is 39.8 Å². The van der Waals surface area contributed by atoms with E-state index in [1.165, 1.54) is 49.1 Å². The molecule has 0 radical (unpaired) electrons. The molecule has 0 atom stereocenters. The summed E-state index contributed by atoms with van der Waals surface area (Å²) in [5.74, 6) is -15.7. The SMILES string of the molecule is CN(C)Cc1cccc(-c2c(F)c(F)c(-c3cc(C(=O)O)c4c(c3)nnn4C)c(F)c2F)c1.Cn1nc2cc(-c3c(F)c(F)c(-c4cccc(CN5CCOCC5)c4)c(F)c3F)cc(C(=O)O)c2n1. The Labute approximate surface area is 386 Å². The quantitative estimate of drug-likeness (QED) is 0.0999. The molecule has 8 aromatic rings. The largest absolute Gasteiger partial charge is 0.478 e. The number of carboxylic acid groups (broad SMARTS) is 2. The maximum absolute atomic E-state index is 15.3. The summed E-state index contributed by atoms with van der Waals surface area (Å²) in [4.78, 5) is 28.4. The molecule has 69 heavy (non-hydrogen) atoms. The fraction of sp³-hybridized carbons (Fsp3) is 0.208. The van der Waals surface area contributed by atoms with Crippen molar-refractivity contribution in [2.24, 2.45) is 14.1 Å². The number of morpholine rings is 1. The van der Waals surface area contributed by atoms with Gasteiger partial charge in [-0.25, -0.2) is 49.4 Å². The molecule has 1 aliphatic rings. The molecular weight excluding hydrogens is 921 g/mol. The molecule has 0 bridgehead atoms. The third-order valence-electron chi connectivity index (χ3n) is 11.3. The summed E-state index contributed by atoms with van der Waals surface area (Å²) in [5.41, 5.74) is -3.78. The highest BCUT2D eigenvalue weighted by Crippen LogP contribution is 2.40. The number of carbonyl (C=O) groups is 2. The van der Waals surface area contributed by atoms with Crippen LogP contribution in [0.1, 0.15) is 31.8 Å². The molecule has 2 aromatic heterocycles. The Hall–Kier alpha value is -7.62. The summed E-state index contributed by atoms with van der Waals surface area (Å²) in [7, 11) is 6.50. The van der Waals surface area contributed by atoms with E-state index in [0.29, 0.717) is 45.0 Å². The van der Waals surface area contributed by atoms with Crippen molar-refractivity contribution in [3.05, 3.63) is 142 Å². The number of benzene rings is 6. The second kappa shape index (κ2) is 19.2. The predicted octanol–water partition coefficient (Wildman–Crippen LogP) is 9.01. The summed E-state index contributed by atoms with van der Waals surface area (Å²) < 4.78 is 128. The van der Waals surface area contributed by atoms with Crippen LogP contribution in [0.3, 0.4) is 0 Å². The van der Waals surface area contributed by atoms with Crippen molar-refractivity contribution in [2.45, 2.75) is 13.1 Å². The Kier molecular flexibility index (Phi) is 13.3. The second-order valence-electron chi connectivity index (χ2n) is 16.3. The fourth-order valence-electron chi connectivity index (χ4n) is 8.24. The third-order valence-corrected chi connectivity index (χ3v) is 11.3. The van der Waals surface area contributed by atoms with E-state index in [1.54, 1.807) is 32.3 Å². The smallest absolute Gasteiger partial charge is 0.338 e. The average molecular weight is 959 g/mol. The van der Waals surface area contributed by atoms with Gasteiger partial charge in [0.05, 0.1) is 46.6 Å². The molecule has 1 aliphatic heterocycles. The van der Waals surface area contributed by atoms with E-state index in [9.17, 15) is 19.8 Å². The summed E-state index contributed by atoms with van der Waals surface area (Å²) >= 11 is 0. The first-order valence-corrected chi connectivity index (χ1v) is 20.9. The number of aromatic carboxylic acids is 2. The van der Waals surface area contributed by atoms with Gasteiger partial charge in [0.25, 0.3) is 0 Å². The molecule has 0 amide bonds. The van der Waals surface area contributed by atoms with Crippen LogP contribution in [0.25, 0.3) is 66.6 Å². The first-order valence-electron chi connectivity index (χ1n) is 20.9. The molecule has 1 fully saturated rings. The maximum Gasteiger partial charge on any atom is 0.338 e. The lowest BCUT2D eigenvalue weighted by molar-refractivity contribution is 0.0342. The first kappa shape index (κ1) is 47.9. The van der Waals surface area contributed by atoms with Crippen molar-refractivity contribution in [1.29, 1.82) is 0 Å². The molecule has 0 unspecified atom stereocenters. The molecular formula is C48H38F8N8O5. The molecule has 1 saturated heterocycles. The Morgan fingerprint density at radius 3 is 1.58 bits per heavy atom. The molecule has 9 rings (SSSR count). The number of halogens is 8. The zero-order valence-electron chi connectivity index (χ0n) is 36.9. The van der Waals surface area contributed by atoms with Crippen LogP contribution in [-0.4, -0.2) is 102 Å². The van der Waals surface area contributed by atoms with E-state index in [2.05, 4.69) is 25.4 Å².